The molecule has 12 heteroatoms. The summed E-state index contributed by atoms with van der Waals surface area (Å²) in [5.41, 5.74) is 6.85. The molecule has 6 nitrogen and oxygen atoms in total. The molecule has 25 heavy (non-hydrogen) atoms. The second-order valence-electron chi connectivity index (χ2n) is 3.97. The molecule has 2 atom stereocenters. The van der Waals surface area contributed by atoms with Crippen LogP contribution < -0.4 is 5.73 Å². The Balaban J connectivity index is 0.000000715. The van der Waals surface area contributed by atoms with Gasteiger partial charge in [-0.15, -0.1) is 0 Å². The summed E-state index contributed by atoms with van der Waals surface area (Å²) in [6.45, 7) is 0. The first-order valence-corrected chi connectivity index (χ1v) is 10.2. The normalized spacial score (nSPS) is 12.0. The summed E-state index contributed by atoms with van der Waals surface area (Å²) in [6, 6.07) is 12.7. The van der Waals surface area contributed by atoms with Gasteiger partial charge in [0.2, 0.25) is 0 Å². The third kappa shape index (κ3) is 8.88. The van der Waals surface area contributed by atoms with Crippen LogP contribution in [-0.2, 0) is 20.2 Å². The zero-order valence-corrected chi connectivity index (χ0v) is 15.6. The van der Waals surface area contributed by atoms with Gasteiger partial charge in [-0.05, 0) is 30.3 Å². The van der Waals surface area contributed by atoms with E-state index in [2.05, 4.69) is 6.07 Å². The number of benzene rings is 2. The number of nitrogens with zero attached hydrogens (tertiary/aromatic N) is 1. The Kier molecular flexibility index (Phi) is 12.2. The second kappa shape index (κ2) is 12.3. The quantitative estimate of drug-likeness (QED) is 0.284. The summed E-state index contributed by atoms with van der Waals surface area (Å²) in [4.78, 5) is 1.70. The van der Waals surface area contributed by atoms with Gasteiger partial charge in [-0.3, -0.25) is 9.11 Å². The van der Waals surface area contributed by atoms with Crippen LogP contribution in [0.15, 0.2) is 46.2 Å². The number of nitrogens with two attached hydrogens (primary N) is 1. The molecule has 0 aliphatic heterocycles. The third-order valence-corrected chi connectivity index (χ3v) is 4.83. The molecule has 2 aromatic rings. The topological polar surface area (TPSA) is 124 Å². The monoisotopic (exact) mass is 448 g/mol. The van der Waals surface area contributed by atoms with Gasteiger partial charge < -0.3 is 5.73 Å². The van der Waals surface area contributed by atoms with Crippen LogP contribution in [0.3, 0.4) is 0 Å². The van der Waals surface area contributed by atoms with E-state index in [0.717, 1.165) is 9.79 Å². The predicted molar refractivity (Wildman–Crippen MR) is 105 cm³/mol. The fourth-order valence-electron chi connectivity index (χ4n) is 1.44. The van der Waals surface area contributed by atoms with Gasteiger partial charge in [-0.1, -0.05) is 41.0 Å². The number of anilines is 1. The van der Waals surface area contributed by atoms with Crippen molar-refractivity contribution in [3.05, 3.63) is 52.0 Å². The number of nitrogen functional groups attached to an aromatic ring is 1. The first kappa shape index (κ1) is 24.9. The summed E-state index contributed by atoms with van der Waals surface area (Å²) in [5, 5.41) is 10.1. The number of halogens is 2. The molecule has 0 heterocycles. The molecule has 2 unspecified atom stereocenters. The zero-order chi connectivity index (χ0) is 18.3. The van der Waals surface area contributed by atoms with Crippen molar-refractivity contribution in [2.24, 2.45) is 0 Å². The van der Waals surface area contributed by atoms with Crippen molar-refractivity contribution in [3.8, 4) is 6.07 Å². The summed E-state index contributed by atoms with van der Waals surface area (Å²) < 4.78 is 33.6. The van der Waals surface area contributed by atoms with E-state index in [-0.39, 0.29) is 29.6 Å². The first-order chi connectivity index (χ1) is 11.2. The Hall–Kier alpha value is -0.120. The Morgan fingerprint density at radius 2 is 1.60 bits per heavy atom. The molecule has 130 valence electrons. The number of hydrogen-bond acceptors (Lipinski definition) is 5. The van der Waals surface area contributed by atoms with Crippen molar-refractivity contribution in [3.63, 3.8) is 0 Å². The summed E-state index contributed by atoms with van der Waals surface area (Å²) in [5.74, 6) is 0. The van der Waals surface area contributed by atoms with E-state index in [4.69, 9.17) is 43.3 Å². The first-order valence-electron chi connectivity index (χ1n) is 5.89. The Morgan fingerprint density at radius 1 is 1.08 bits per heavy atom. The zero-order valence-electron chi connectivity index (χ0n) is 11.7. The molecule has 0 fully saturated rings. The maximum atomic E-state index is 9.26. The van der Waals surface area contributed by atoms with E-state index >= 15 is 0 Å². The predicted octanol–water partition coefficient (Wildman–Crippen LogP) is 3.29. The van der Waals surface area contributed by atoms with E-state index < -0.39 is 20.2 Å². The molecule has 0 spiro atoms. The molecule has 0 aliphatic rings. The summed E-state index contributed by atoms with van der Waals surface area (Å²) in [6.07, 6.45) is 0. The minimum atomic E-state index is -2.59. The summed E-state index contributed by atoms with van der Waals surface area (Å²) in [7, 11) is -5.18. The van der Waals surface area contributed by atoms with Crippen LogP contribution in [0.2, 0.25) is 10.0 Å². The van der Waals surface area contributed by atoms with Crippen LogP contribution in [0, 0.1) is 11.3 Å². The molecule has 0 aliphatic carbocycles. The molecule has 0 saturated carbocycles. The van der Waals surface area contributed by atoms with Gasteiger partial charge >= 0.3 is 29.6 Å². The Morgan fingerprint density at radius 3 is 2.04 bits per heavy atom. The minimum absolute atomic E-state index is 0. The van der Waals surface area contributed by atoms with Gasteiger partial charge in [0.15, 0.2) is 0 Å². The molecule has 0 amide bonds. The molecule has 0 bridgehead atoms. The molecule has 0 saturated heterocycles. The molecule has 4 N–H and O–H groups in total. The SMILES string of the molecule is N#Cc1cccc(Sc2cc(Cl)cc(Cl)c2)c1N.O=S(O)S(=O)O.[NaH]. The maximum absolute atomic E-state index is 9.26. The number of rotatable bonds is 3. The van der Waals surface area contributed by atoms with Crippen LogP contribution in [0.1, 0.15) is 5.56 Å². The van der Waals surface area contributed by atoms with E-state index in [1.54, 1.807) is 30.3 Å². The standard InChI is InChI=1S/C13H8Cl2N2S.Na.H2O4S2.H/c14-9-4-10(15)6-11(5-9)18-12-3-1-2-8(7-16)13(12)17;;1-5(2)6(3)4;/h1-6H,17H2;;(H,1,2)(H,3,4);. The van der Waals surface area contributed by atoms with Gasteiger partial charge in [0.1, 0.15) is 6.07 Å². The molecule has 0 aromatic heterocycles. The van der Waals surface area contributed by atoms with Gasteiger partial charge in [-0.25, -0.2) is 8.42 Å². The number of nitriles is 1. The second-order valence-corrected chi connectivity index (χ2v) is 8.54. The average molecular weight is 449 g/mol. The van der Waals surface area contributed by atoms with Gasteiger partial charge in [0, 0.05) is 19.8 Å². The Bertz CT molecular complexity index is 801. The average Bonchev–Trinajstić information content (AvgIpc) is 2.49. The number of para-hydroxylation sites is 1. The Labute approximate surface area is 185 Å². The van der Waals surface area contributed by atoms with Crippen molar-refractivity contribution in [2.75, 3.05) is 5.73 Å². The van der Waals surface area contributed by atoms with Crippen molar-refractivity contribution in [1.82, 2.24) is 0 Å². The van der Waals surface area contributed by atoms with E-state index in [9.17, 15) is 8.42 Å². The van der Waals surface area contributed by atoms with Gasteiger partial charge in [0.25, 0.3) is 20.2 Å². The molecular formula is C13H11Cl2N2NaO4S3. The third-order valence-electron chi connectivity index (χ3n) is 2.37. The van der Waals surface area contributed by atoms with Crippen molar-refractivity contribution in [1.29, 1.82) is 5.26 Å². The van der Waals surface area contributed by atoms with Crippen LogP contribution in [-0.4, -0.2) is 47.1 Å². The van der Waals surface area contributed by atoms with Crippen LogP contribution in [0.5, 0.6) is 0 Å². The molecular weight excluding hydrogens is 438 g/mol. The van der Waals surface area contributed by atoms with Crippen molar-refractivity contribution >= 4 is 90.4 Å². The van der Waals surface area contributed by atoms with Crippen LogP contribution >= 0.6 is 35.0 Å². The fourth-order valence-corrected chi connectivity index (χ4v) is 3.09. The van der Waals surface area contributed by atoms with Crippen molar-refractivity contribution in [2.45, 2.75) is 9.79 Å². The van der Waals surface area contributed by atoms with E-state index in [1.807, 2.05) is 6.07 Å². The fraction of sp³-hybridized carbons (Fsp3) is 0. The molecule has 2 aromatic carbocycles. The molecule has 0 radical (unpaired) electrons. The van der Waals surface area contributed by atoms with Gasteiger partial charge in [0.05, 0.1) is 11.3 Å². The van der Waals surface area contributed by atoms with Crippen LogP contribution in [0.4, 0.5) is 5.69 Å². The molecule has 2 rings (SSSR count). The summed E-state index contributed by atoms with van der Waals surface area (Å²) >= 11 is 13.3. The van der Waals surface area contributed by atoms with Crippen LogP contribution in [0.25, 0.3) is 0 Å². The number of hydrogen-bond donors (Lipinski definition) is 3. The van der Waals surface area contributed by atoms with Gasteiger partial charge in [-0.2, -0.15) is 5.26 Å². The van der Waals surface area contributed by atoms with E-state index in [1.165, 1.54) is 11.8 Å². The van der Waals surface area contributed by atoms with E-state index in [0.29, 0.717) is 21.3 Å². The van der Waals surface area contributed by atoms with Crippen molar-refractivity contribution < 1.29 is 17.5 Å².